The zero-order valence-corrected chi connectivity index (χ0v) is 16.7. The molecule has 0 saturated carbocycles. The highest BCUT2D eigenvalue weighted by molar-refractivity contribution is 5.86. The monoisotopic (exact) mass is 381 g/mol. The lowest BCUT2D eigenvalue weighted by Gasteiger charge is -2.18. The summed E-state index contributed by atoms with van der Waals surface area (Å²) in [5, 5.41) is 8.77. The molecule has 0 amide bonds. The molecule has 0 aromatic carbocycles. The summed E-state index contributed by atoms with van der Waals surface area (Å²) in [4.78, 5) is 9.29. The van der Waals surface area contributed by atoms with E-state index in [1.807, 2.05) is 35.3 Å². The predicted molar refractivity (Wildman–Crippen MR) is 108 cm³/mol. The van der Waals surface area contributed by atoms with Gasteiger partial charge in [0.25, 0.3) is 0 Å². The molecule has 28 heavy (non-hydrogen) atoms. The number of ether oxygens (including phenoxy) is 2. The Hall–Kier alpha value is -2.51. The van der Waals surface area contributed by atoms with Crippen LogP contribution in [0.4, 0.5) is 0 Å². The first-order valence-corrected chi connectivity index (χ1v) is 9.77. The summed E-state index contributed by atoms with van der Waals surface area (Å²) in [5.74, 6) is 0.581. The van der Waals surface area contributed by atoms with E-state index >= 15 is 0 Å². The Kier molecular flexibility index (Phi) is 5.28. The molecule has 1 N–H and O–H groups in total. The lowest BCUT2D eigenvalue weighted by atomic mass is 10.1. The second kappa shape index (κ2) is 7.85. The molecule has 0 aliphatic carbocycles. The van der Waals surface area contributed by atoms with Gasteiger partial charge < -0.3 is 14.8 Å². The van der Waals surface area contributed by atoms with Crippen LogP contribution in [0.15, 0.2) is 36.8 Å². The molecule has 7 nitrogen and oxygen atoms in total. The Labute approximate surface area is 165 Å². The first kappa shape index (κ1) is 18.8. The van der Waals surface area contributed by atoms with Crippen molar-refractivity contribution in [1.82, 2.24) is 25.1 Å². The molecular weight excluding hydrogens is 354 g/mol. The van der Waals surface area contributed by atoms with Crippen molar-refractivity contribution in [3.63, 3.8) is 0 Å². The minimum absolute atomic E-state index is 0.0170. The summed E-state index contributed by atoms with van der Waals surface area (Å²) in [6.45, 7) is 9.33. The molecule has 1 atom stereocenters. The molecule has 0 unspecified atom stereocenters. The van der Waals surface area contributed by atoms with Crippen LogP contribution >= 0.6 is 0 Å². The zero-order valence-electron chi connectivity index (χ0n) is 16.7. The number of nitrogens with one attached hydrogen (secondary N) is 1. The number of fused-ring (bicyclic) bond motifs is 1. The SMILES string of the molecule is CC(C)(C)n1cc(-c2cc3ncccc3c(OC[C@H]3CNCCCO3)n2)cn1. The molecule has 3 aromatic heterocycles. The number of nitrogens with zero attached hydrogens (tertiary/aromatic N) is 4. The lowest BCUT2D eigenvalue weighted by molar-refractivity contribution is 0.0317. The fourth-order valence-corrected chi connectivity index (χ4v) is 3.17. The molecule has 0 radical (unpaired) electrons. The van der Waals surface area contributed by atoms with Crippen LogP contribution in [0, 0.1) is 0 Å². The van der Waals surface area contributed by atoms with Crippen molar-refractivity contribution >= 4 is 10.9 Å². The first-order chi connectivity index (χ1) is 13.5. The van der Waals surface area contributed by atoms with Gasteiger partial charge in [-0.25, -0.2) is 4.98 Å². The van der Waals surface area contributed by atoms with Gasteiger partial charge in [-0.05, 0) is 51.9 Å². The van der Waals surface area contributed by atoms with Gasteiger partial charge in [-0.3, -0.25) is 9.67 Å². The van der Waals surface area contributed by atoms with E-state index in [1.165, 1.54) is 0 Å². The van der Waals surface area contributed by atoms with Gasteiger partial charge in [0.2, 0.25) is 5.88 Å². The third kappa shape index (κ3) is 4.15. The van der Waals surface area contributed by atoms with E-state index in [-0.39, 0.29) is 11.6 Å². The molecular formula is C21H27N5O2. The van der Waals surface area contributed by atoms with Gasteiger partial charge in [0.15, 0.2) is 0 Å². The van der Waals surface area contributed by atoms with Crippen molar-refractivity contribution in [3.8, 4) is 17.1 Å². The Morgan fingerprint density at radius 3 is 3.07 bits per heavy atom. The molecule has 3 aromatic rings. The molecule has 4 rings (SSSR count). The van der Waals surface area contributed by atoms with Crippen LogP contribution in [-0.4, -0.2) is 52.2 Å². The van der Waals surface area contributed by atoms with Crippen molar-refractivity contribution in [2.75, 3.05) is 26.3 Å². The van der Waals surface area contributed by atoms with Crippen LogP contribution in [0.5, 0.6) is 5.88 Å². The molecule has 7 heteroatoms. The number of rotatable bonds is 4. The van der Waals surface area contributed by atoms with Crippen molar-refractivity contribution in [1.29, 1.82) is 0 Å². The summed E-state index contributed by atoms with van der Waals surface area (Å²) in [6, 6.07) is 5.87. The molecule has 1 aliphatic rings. The maximum absolute atomic E-state index is 6.11. The molecule has 1 fully saturated rings. The second-order valence-corrected chi connectivity index (χ2v) is 8.09. The van der Waals surface area contributed by atoms with E-state index in [0.717, 1.165) is 48.3 Å². The highest BCUT2D eigenvalue weighted by Crippen LogP contribution is 2.29. The molecule has 1 saturated heterocycles. The van der Waals surface area contributed by atoms with Crippen molar-refractivity contribution in [3.05, 3.63) is 36.8 Å². The fourth-order valence-electron chi connectivity index (χ4n) is 3.17. The van der Waals surface area contributed by atoms with Gasteiger partial charge >= 0.3 is 0 Å². The number of aromatic nitrogens is 4. The van der Waals surface area contributed by atoms with E-state index in [0.29, 0.717) is 12.5 Å². The van der Waals surface area contributed by atoms with E-state index in [2.05, 4.69) is 36.2 Å². The standard InChI is InChI=1S/C21H27N5O2/c1-21(2,3)26-13-15(11-24-26)18-10-19-17(6-4-8-23-19)20(25-18)28-14-16-12-22-7-5-9-27-16/h4,6,8,10-11,13,16,22H,5,7,9,12,14H2,1-3H3/t16-/m1/s1. The Morgan fingerprint density at radius 1 is 1.36 bits per heavy atom. The Bertz CT molecular complexity index is 939. The highest BCUT2D eigenvalue weighted by atomic mass is 16.5. The van der Waals surface area contributed by atoms with E-state index < -0.39 is 0 Å². The Morgan fingerprint density at radius 2 is 2.25 bits per heavy atom. The van der Waals surface area contributed by atoms with Crippen molar-refractivity contribution < 1.29 is 9.47 Å². The quantitative estimate of drug-likeness (QED) is 0.749. The van der Waals surface area contributed by atoms with E-state index in [9.17, 15) is 0 Å². The predicted octanol–water partition coefficient (Wildman–Crippen LogP) is 3.01. The minimum Gasteiger partial charge on any atom is -0.474 e. The minimum atomic E-state index is -0.0868. The van der Waals surface area contributed by atoms with Crippen LogP contribution in [0.25, 0.3) is 22.2 Å². The van der Waals surface area contributed by atoms with E-state index in [4.69, 9.17) is 14.5 Å². The van der Waals surface area contributed by atoms with Crippen LogP contribution < -0.4 is 10.1 Å². The van der Waals surface area contributed by atoms with Crippen molar-refractivity contribution in [2.24, 2.45) is 0 Å². The molecule has 0 bridgehead atoms. The number of hydrogen-bond donors (Lipinski definition) is 1. The topological polar surface area (TPSA) is 74.1 Å². The number of hydrogen-bond acceptors (Lipinski definition) is 6. The average molecular weight is 381 g/mol. The summed E-state index contributed by atoms with van der Waals surface area (Å²) in [6.07, 6.45) is 6.68. The van der Waals surface area contributed by atoms with Gasteiger partial charge in [0.05, 0.1) is 28.3 Å². The summed E-state index contributed by atoms with van der Waals surface area (Å²) >= 11 is 0. The second-order valence-electron chi connectivity index (χ2n) is 8.09. The summed E-state index contributed by atoms with van der Waals surface area (Å²) in [5.41, 5.74) is 2.51. The van der Waals surface area contributed by atoms with Crippen LogP contribution in [0.1, 0.15) is 27.2 Å². The van der Waals surface area contributed by atoms with E-state index in [1.54, 1.807) is 6.20 Å². The largest absolute Gasteiger partial charge is 0.474 e. The first-order valence-electron chi connectivity index (χ1n) is 9.77. The van der Waals surface area contributed by atoms with Gasteiger partial charge in [-0.1, -0.05) is 0 Å². The van der Waals surface area contributed by atoms with Gasteiger partial charge in [0, 0.05) is 31.1 Å². The third-order valence-electron chi connectivity index (χ3n) is 4.76. The molecule has 148 valence electrons. The molecule has 4 heterocycles. The fraction of sp³-hybridized carbons (Fsp3) is 0.476. The van der Waals surface area contributed by atoms with Gasteiger partial charge in [-0.15, -0.1) is 0 Å². The summed E-state index contributed by atoms with van der Waals surface area (Å²) < 4.78 is 13.9. The number of pyridine rings is 2. The highest BCUT2D eigenvalue weighted by Gasteiger charge is 2.18. The molecule has 0 spiro atoms. The van der Waals surface area contributed by atoms with Gasteiger partial charge in [0.1, 0.15) is 12.7 Å². The Balaban J connectivity index is 1.64. The molecule has 1 aliphatic heterocycles. The van der Waals surface area contributed by atoms with Gasteiger partial charge in [-0.2, -0.15) is 5.10 Å². The normalized spacial score (nSPS) is 18.2. The van der Waals surface area contributed by atoms with Crippen LogP contribution in [-0.2, 0) is 10.3 Å². The maximum Gasteiger partial charge on any atom is 0.223 e. The smallest absolute Gasteiger partial charge is 0.223 e. The van der Waals surface area contributed by atoms with Crippen LogP contribution in [0.3, 0.4) is 0 Å². The average Bonchev–Trinajstić information content (AvgIpc) is 3.05. The maximum atomic E-state index is 6.11. The summed E-state index contributed by atoms with van der Waals surface area (Å²) in [7, 11) is 0. The third-order valence-corrected chi connectivity index (χ3v) is 4.76. The van der Waals surface area contributed by atoms with Crippen molar-refractivity contribution in [2.45, 2.75) is 38.8 Å². The lowest BCUT2D eigenvalue weighted by Crippen LogP contribution is -2.31. The van der Waals surface area contributed by atoms with Crippen LogP contribution in [0.2, 0.25) is 0 Å². The zero-order chi connectivity index (χ0) is 19.6.